The first kappa shape index (κ1) is 29.2. The maximum atomic E-state index is 15.5. The Morgan fingerprint density at radius 1 is 1.00 bits per heavy atom. The number of benzene rings is 3. The van der Waals surface area contributed by atoms with Crippen molar-refractivity contribution in [3.05, 3.63) is 111 Å². The molecule has 0 unspecified atom stereocenters. The molecule has 4 heterocycles. The molecule has 3 aromatic heterocycles. The number of imidazole rings is 1. The van der Waals surface area contributed by atoms with Crippen molar-refractivity contribution in [1.29, 1.82) is 0 Å². The second kappa shape index (κ2) is 11.8. The number of aromatic carboxylic acids is 1. The molecular weight excluding hydrogens is 627 g/mol. The van der Waals surface area contributed by atoms with Gasteiger partial charge in [-0.2, -0.15) is 0 Å². The number of nitrogens with zero attached hydrogens (tertiary/aromatic N) is 3. The lowest BCUT2D eigenvalue weighted by Crippen LogP contribution is -2.31. The van der Waals surface area contributed by atoms with Crippen LogP contribution in [0.2, 0.25) is 10.2 Å². The second-order valence-corrected chi connectivity index (χ2v) is 11.5. The largest absolute Gasteiger partial charge is 0.478 e. The lowest BCUT2D eigenvalue weighted by Gasteiger charge is -2.27. The monoisotopic (exact) mass is 649 g/mol. The standard InChI is InChI=1S/C33H23Cl2F2N3O5/c34-23-5-3-20(31-22(23)14-29(35)45-31)16-44-32-24(36)6-8-26(39-32)18-2-1-17(25(37)11-18)13-30-38-27-7-4-19(33(41)42)12-28(27)40(30)15-21-9-10-43-21/h1-8,11-12,14,21H,9-10,13,15-16H2,(H,41,42)/t21-/m0/s1. The van der Waals surface area contributed by atoms with Crippen molar-refractivity contribution in [2.24, 2.45) is 0 Å². The van der Waals surface area contributed by atoms with Crippen LogP contribution >= 0.6 is 23.2 Å². The number of carboxylic acid groups (broad SMARTS) is 1. The van der Waals surface area contributed by atoms with Gasteiger partial charge in [0.25, 0.3) is 5.88 Å². The van der Waals surface area contributed by atoms with Gasteiger partial charge in [0.1, 0.15) is 23.8 Å². The van der Waals surface area contributed by atoms with Crippen molar-refractivity contribution >= 4 is 51.2 Å². The van der Waals surface area contributed by atoms with E-state index in [0.29, 0.717) is 68.4 Å². The highest BCUT2D eigenvalue weighted by Gasteiger charge is 2.23. The summed E-state index contributed by atoms with van der Waals surface area (Å²) in [7, 11) is 0. The number of halogens is 4. The molecule has 0 aliphatic carbocycles. The quantitative estimate of drug-likeness (QED) is 0.169. The van der Waals surface area contributed by atoms with Crippen LogP contribution in [-0.2, 0) is 24.3 Å². The molecule has 1 atom stereocenters. The predicted molar refractivity (Wildman–Crippen MR) is 164 cm³/mol. The SMILES string of the molecule is O=C(O)c1ccc2nc(Cc3ccc(-c4ccc(F)c(OCc5ccc(Cl)c6cc(Cl)oc56)n4)cc3F)n(C[C@@H]3CCO3)c2c1. The topological polar surface area (TPSA) is 99.6 Å². The number of hydrogen-bond donors (Lipinski definition) is 1. The van der Waals surface area contributed by atoms with Crippen LogP contribution in [0.4, 0.5) is 8.78 Å². The average Bonchev–Trinajstić information content (AvgIpc) is 3.56. The van der Waals surface area contributed by atoms with Gasteiger partial charge >= 0.3 is 5.97 Å². The summed E-state index contributed by atoms with van der Waals surface area (Å²) < 4.78 is 49.0. The fourth-order valence-corrected chi connectivity index (χ4v) is 5.75. The van der Waals surface area contributed by atoms with E-state index in [1.807, 2.05) is 4.57 Å². The fraction of sp³-hybridized carbons (Fsp3) is 0.182. The summed E-state index contributed by atoms with van der Waals surface area (Å²) in [6.07, 6.45) is 1.01. The highest BCUT2D eigenvalue weighted by atomic mass is 35.5. The second-order valence-electron chi connectivity index (χ2n) is 10.7. The number of hydrogen-bond acceptors (Lipinski definition) is 6. The molecule has 228 valence electrons. The zero-order valence-electron chi connectivity index (χ0n) is 23.4. The van der Waals surface area contributed by atoms with E-state index in [1.165, 1.54) is 24.3 Å². The summed E-state index contributed by atoms with van der Waals surface area (Å²) in [5.74, 6) is -1.90. The molecule has 7 rings (SSSR count). The summed E-state index contributed by atoms with van der Waals surface area (Å²) in [6, 6.07) is 17.0. The Morgan fingerprint density at radius 2 is 1.82 bits per heavy atom. The van der Waals surface area contributed by atoms with Crippen LogP contribution in [0, 0.1) is 11.6 Å². The third kappa shape index (κ3) is 5.72. The van der Waals surface area contributed by atoms with Gasteiger partial charge in [-0.25, -0.2) is 23.5 Å². The van der Waals surface area contributed by atoms with Gasteiger partial charge in [-0.3, -0.25) is 0 Å². The van der Waals surface area contributed by atoms with E-state index in [0.717, 1.165) is 6.42 Å². The highest BCUT2D eigenvalue weighted by molar-refractivity contribution is 6.36. The van der Waals surface area contributed by atoms with Gasteiger partial charge in [0.2, 0.25) is 0 Å². The minimum Gasteiger partial charge on any atom is -0.478 e. The van der Waals surface area contributed by atoms with Crippen LogP contribution in [-0.4, -0.2) is 38.3 Å². The first-order valence-electron chi connectivity index (χ1n) is 14.0. The number of fused-ring (bicyclic) bond motifs is 2. The Hall–Kier alpha value is -4.51. The Labute approximate surface area is 264 Å². The van der Waals surface area contributed by atoms with Gasteiger partial charge in [0, 0.05) is 35.6 Å². The number of carboxylic acids is 1. The van der Waals surface area contributed by atoms with E-state index >= 15 is 4.39 Å². The Morgan fingerprint density at radius 3 is 2.58 bits per heavy atom. The van der Waals surface area contributed by atoms with Crippen LogP contribution in [0.3, 0.4) is 0 Å². The predicted octanol–water partition coefficient (Wildman–Crippen LogP) is 8.09. The molecule has 0 spiro atoms. The van der Waals surface area contributed by atoms with Crippen LogP contribution in [0.5, 0.6) is 5.88 Å². The molecule has 3 aromatic carbocycles. The molecule has 45 heavy (non-hydrogen) atoms. The van der Waals surface area contributed by atoms with Gasteiger partial charge in [-0.15, -0.1) is 0 Å². The first-order chi connectivity index (χ1) is 21.7. The summed E-state index contributed by atoms with van der Waals surface area (Å²) in [6.45, 7) is 1.07. The van der Waals surface area contributed by atoms with E-state index < -0.39 is 17.6 Å². The number of aromatic nitrogens is 3. The molecule has 1 fully saturated rings. The number of rotatable bonds is 9. The summed E-state index contributed by atoms with van der Waals surface area (Å²) >= 11 is 12.2. The minimum absolute atomic E-state index is 0.0228. The van der Waals surface area contributed by atoms with Crippen molar-refractivity contribution < 1.29 is 32.6 Å². The third-order valence-corrected chi connectivity index (χ3v) is 8.33. The molecule has 6 aromatic rings. The van der Waals surface area contributed by atoms with Crippen molar-refractivity contribution in [2.75, 3.05) is 6.61 Å². The van der Waals surface area contributed by atoms with Gasteiger partial charge < -0.3 is 23.6 Å². The van der Waals surface area contributed by atoms with E-state index in [2.05, 4.69) is 9.97 Å². The molecule has 0 radical (unpaired) electrons. The van der Waals surface area contributed by atoms with Crippen LogP contribution < -0.4 is 4.74 Å². The Kier molecular flexibility index (Phi) is 7.64. The van der Waals surface area contributed by atoms with E-state index in [9.17, 15) is 14.3 Å². The van der Waals surface area contributed by atoms with E-state index in [4.69, 9.17) is 37.1 Å². The van der Waals surface area contributed by atoms with Crippen LogP contribution in [0.25, 0.3) is 33.3 Å². The molecule has 1 N–H and O–H groups in total. The fourth-order valence-electron chi connectivity index (χ4n) is 5.36. The van der Waals surface area contributed by atoms with Crippen LogP contribution in [0.15, 0.2) is 71.1 Å². The summed E-state index contributed by atoms with van der Waals surface area (Å²) in [5, 5.41) is 10.7. The molecule has 0 saturated carbocycles. The number of pyridine rings is 1. The van der Waals surface area contributed by atoms with Gasteiger partial charge in [-0.05, 0) is 66.0 Å². The minimum atomic E-state index is -1.04. The van der Waals surface area contributed by atoms with Crippen molar-refractivity contribution in [1.82, 2.24) is 14.5 Å². The Balaban J connectivity index is 1.14. The molecule has 0 amide bonds. The molecule has 1 aliphatic rings. The zero-order chi connectivity index (χ0) is 31.2. The molecule has 8 nitrogen and oxygen atoms in total. The summed E-state index contributed by atoms with van der Waals surface area (Å²) in [5.41, 5.74) is 3.55. The third-order valence-electron chi connectivity index (χ3n) is 7.81. The molecule has 1 aliphatic heterocycles. The first-order valence-corrected chi connectivity index (χ1v) is 14.8. The summed E-state index contributed by atoms with van der Waals surface area (Å²) in [4.78, 5) is 20.6. The Bertz CT molecular complexity index is 2110. The van der Waals surface area contributed by atoms with Crippen LogP contribution in [0.1, 0.15) is 33.7 Å². The van der Waals surface area contributed by atoms with E-state index in [-0.39, 0.29) is 35.8 Å². The maximum absolute atomic E-state index is 15.5. The van der Waals surface area contributed by atoms with Crippen molar-refractivity contribution in [2.45, 2.75) is 32.1 Å². The maximum Gasteiger partial charge on any atom is 0.335 e. The normalized spacial score (nSPS) is 14.6. The van der Waals surface area contributed by atoms with Crippen molar-refractivity contribution in [3.8, 4) is 17.1 Å². The number of ether oxygens (including phenoxy) is 2. The van der Waals surface area contributed by atoms with Crippen molar-refractivity contribution in [3.63, 3.8) is 0 Å². The molecule has 12 heteroatoms. The lowest BCUT2D eigenvalue weighted by atomic mass is 10.0. The number of carbonyl (C=O) groups is 1. The smallest absolute Gasteiger partial charge is 0.335 e. The number of furan rings is 1. The van der Waals surface area contributed by atoms with Gasteiger partial charge in [-0.1, -0.05) is 29.8 Å². The highest BCUT2D eigenvalue weighted by Crippen LogP contribution is 2.33. The zero-order valence-corrected chi connectivity index (χ0v) is 24.9. The lowest BCUT2D eigenvalue weighted by molar-refractivity contribution is -0.0589. The van der Waals surface area contributed by atoms with Gasteiger partial charge in [0.15, 0.2) is 11.0 Å². The van der Waals surface area contributed by atoms with Gasteiger partial charge in [0.05, 0.1) is 40.0 Å². The average molecular weight is 650 g/mol. The molecule has 1 saturated heterocycles. The molecular formula is C33H23Cl2F2N3O5. The van der Waals surface area contributed by atoms with E-state index in [1.54, 1.807) is 42.5 Å². The molecule has 0 bridgehead atoms.